The van der Waals surface area contributed by atoms with Crippen LogP contribution in [0.3, 0.4) is 0 Å². The summed E-state index contributed by atoms with van der Waals surface area (Å²) in [5.41, 5.74) is 1.29. The molecule has 5 heteroatoms. The third kappa shape index (κ3) is 6.70. The number of hydrogen-bond acceptors (Lipinski definition) is 2. The van der Waals surface area contributed by atoms with Crippen molar-refractivity contribution < 1.29 is 0 Å². The molecular weight excluding hydrogens is 320 g/mol. The van der Waals surface area contributed by atoms with E-state index >= 15 is 0 Å². The minimum Gasteiger partial charge on any atom is -0.357 e. The van der Waals surface area contributed by atoms with Gasteiger partial charge in [-0.05, 0) is 62.9 Å². The SMILES string of the molecule is CCCN1CCC(CN=C(NCC)NCCc2ccc(Cl)cc2)C1. The van der Waals surface area contributed by atoms with Crippen molar-refractivity contribution in [3.63, 3.8) is 0 Å². The number of nitrogens with zero attached hydrogens (tertiary/aromatic N) is 2. The van der Waals surface area contributed by atoms with Crippen LogP contribution >= 0.6 is 11.6 Å². The number of likely N-dealkylation sites (tertiary alicyclic amines) is 1. The van der Waals surface area contributed by atoms with Gasteiger partial charge in [0.05, 0.1) is 0 Å². The summed E-state index contributed by atoms with van der Waals surface area (Å²) < 4.78 is 0. The van der Waals surface area contributed by atoms with Crippen molar-refractivity contribution >= 4 is 17.6 Å². The van der Waals surface area contributed by atoms with Crippen LogP contribution in [0.15, 0.2) is 29.3 Å². The zero-order valence-corrected chi connectivity index (χ0v) is 15.8. The summed E-state index contributed by atoms with van der Waals surface area (Å²) in [5.74, 6) is 1.63. The molecule has 2 rings (SSSR count). The number of hydrogen-bond donors (Lipinski definition) is 2. The highest BCUT2D eigenvalue weighted by atomic mass is 35.5. The molecule has 1 aliphatic heterocycles. The predicted molar refractivity (Wildman–Crippen MR) is 104 cm³/mol. The van der Waals surface area contributed by atoms with Gasteiger partial charge in [-0.3, -0.25) is 4.99 Å². The summed E-state index contributed by atoms with van der Waals surface area (Å²) in [6, 6.07) is 8.04. The van der Waals surface area contributed by atoms with Gasteiger partial charge in [0, 0.05) is 31.2 Å². The zero-order chi connectivity index (χ0) is 17.2. The van der Waals surface area contributed by atoms with Gasteiger partial charge >= 0.3 is 0 Å². The summed E-state index contributed by atoms with van der Waals surface area (Å²) in [6.45, 7) is 10.7. The fourth-order valence-electron chi connectivity index (χ4n) is 3.12. The van der Waals surface area contributed by atoms with Crippen LogP contribution in [0.2, 0.25) is 5.02 Å². The summed E-state index contributed by atoms with van der Waals surface area (Å²) >= 11 is 5.92. The number of aliphatic imine (C=N–C) groups is 1. The van der Waals surface area contributed by atoms with Crippen molar-refractivity contribution in [2.75, 3.05) is 39.3 Å². The quantitative estimate of drug-likeness (QED) is 0.559. The molecule has 0 aliphatic carbocycles. The van der Waals surface area contributed by atoms with E-state index in [0.717, 1.165) is 37.0 Å². The molecule has 0 saturated carbocycles. The molecule has 0 aromatic heterocycles. The molecule has 1 unspecified atom stereocenters. The largest absolute Gasteiger partial charge is 0.357 e. The van der Waals surface area contributed by atoms with E-state index in [4.69, 9.17) is 16.6 Å². The monoisotopic (exact) mass is 350 g/mol. The van der Waals surface area contributed by atoms with Crippen molar-refractivity contribution in [1.82, 2.24) is 15.5 Å². The third-order valence-electron chi connectivity index (χ3n) is 4.38. The van der Waals surface area contributed by atoms with Gasteiger partial charge in [0.1, 0.15) is 0 Å². The molecule has 2 N–H and O–H groups in total. The van der Waals surface area contributed by atoms with E-state index in [1.807, 2.05) is 12.1 Å². The van der Waals surface area contributed by atoms with E-state index in [0.29, 0.717) is 5.92 Å². The van der Waals surface area contributed by atoms with E-state index in [1.54, 1.807) is 0 Å². The molecule has 1 aromatic rings. The molecule has 1 saturated heterocycles. The molecule has 1 aromatic carbocycles. The van der Waals surface area contributed by atoms with E-state index in [-0.39, 0.29) is 0 Å². The number of nitrogens with one attached hydrogen (secondary N) is 2. The Morgan fingerprint density at radius 2 is 2.04 bits per heavy atom. The number of halogens is 1. The molecule has 134 valence electrons. The maximum absolute atomic E-state index is 5.92. The molecule has 0 amide bonds. The lowest BCUT2D eigenvalue weighted by Crippen LogP contribution is -2.38. The zero-order valence-electron chi connectivity index (χ0n) is 15.0. The lowest BCUT2D eigenvalue weighted by atomic mass is 10.1. The van der Waals surface area contributed by atoms with Crippen LogP contribution in [0, 0.1) is 5.92 Å². The maximum Gasteiger partial charge on any atom is 0.191 e. The Kier molecular flexibility index (Phi) is 8.40. The molecule has 1 aliphatic rings. The Bertz CT molecular complexity index is 501. The average Bonchev–Trinajstić information content (AvgIpc) is 3.02. The van der Waals surface area contributed by atoms with Crippen LogP contribution in [-0.4, -0.2) is 50.1 Å². The van der Waals surface area contributed by atoms with Gasteiger partial charge in [0.25, 0.3) is 0 Å². The first-order chi connectivity index (χ1) is 11.7. The van der Waals surface area contributed by atoms with Crippen molar-refractivity contribution in [2.45, 2.75) is 33.1 Å². The predicted octanol–water partition coefficient (Wildman–Crippen LogP) is 3.17. The first-order valence-corrected chi connectivity index (χ1v) is 9.58. The third-order valence-corrected chi connectivity index (χ3v) is 4.63. The molecule has 24 heavy (non-hydrogen) atoms. The highest BCUT2D eigenvalue weighted by molar-refractivity contribution is 6.30. The van der Waals surface area contributed by atoms with Crippen LogP contribution in [0.4, 0.5) is 0 Å². The molecule has 0 radical (unpaired) electrons. The van der Waals surface area contributed by atoms with Gasteiger partial charge in [0.2, 0.25) is 0 Å². The molecule has 0 bridgehead atoms. The second kappa shape index (κ2) is 10.6. The van der Waals surface area contributed by atoms with Gasteiger partial charge < -0.3 is 15.5 Å². The fourth-order valence-corrected chi connectivity index (χ4v) is 3.25. The van der Waals surface area contributed by atoms with Gasteiger partial charge in [-0.2, -0.15) is 0 Å². The van der Waals surface area contributed by atoms with Crippen LogP contribution in [0.25, 0.3) is 0 Å². The minimum absolute atomic E-state index is 0.697. The Labute approximate surface area is 151 Å². The molecule has 4 nitrogen and oxygen atoms in total. The first-order valence-electron chi connectivity index (χ1n) is 9.20. The highest BCUT2D eigenvalue weighted by Gasteiger charge is 2.21. The van der Waals surface area contributed by atoms with E-state index in [1.165, 1.54) is 38.0 Å². The van der Waals surface area contributed by atoms with E-state index < -0.39 is 0 Å². The lowest BCUT2D eigenvalue weighted by molar-refractivity contribution is 0.326. The summed E-state index contributed by atoms with van der Waals surface area (Å²) in [5, 5.41) is 7.57. The number of rotatable bonds is 8. The van der Waals surface area contributed by atoms with Gasteiger partial charge in [0.15, 0.2) is 5.96 Å². The Morgan fingerprint density at radius 3 is 2.75 bits per heavy atom. The lowest BCUT2D eigenvalue weighted by Gasteiger charge is -2.15. The fraction of sp³-hybridized carbons (Fsp3) is 0.632. The molecule has 1 heterocycles. The van der Waals surface area contributed by atoms with Gasteiger partial charge in [-0.1, -0.05) is 30.7 Å². The summed E-state index contributed by atoms with van der Waals surface area (Å²) in [6.07, 6.45) is 3.48. The van der Waals surface area contributed by atoms with Crippen LogP contribution < -0.4 is 10.6 Å². The molecule has 1 fully saturated rings. The second-order valence-electron chi connectivity index (χ2n) is 6.48. The summed E-state index contributed by atoms with van der Waals surface area (Å²) in [7, 11) is 0. The van der Waals surface area contributed by atoms with Crippen LogP contribution in [-0.2, 0) is 6.42 Å². The van der Waals surface area contributed by atoms with E-state index in [9.17, 15) is 0 Å². The number of guanidine groups is 1. The minimum atomic E-state index is 0.697. The second-order valence-corrected chi connectivity index (χ2v) is 6.91. The van der Waals surface area contributed by atoms with Crippen molar-refractivity contribution in [2.24, 2.45) is 10.9 Å². The van der Waals surface area contributed by atoms with Crippen molar-refractivity contribution in [1.29, 1.82) is 0 Å². The molecule has 0 spiro atoms. The Morgan fingerprint density at radius 1 is 1.25 bits per heavy atom. The van der Waals surface area contributed by atoms with Crippen molar-refractivity contribution in [3.05, 3.63) is 34.9 Å². The first kappa shape index (κ1) is 19.1. The summed E-state index contributed by atoms with van der Waals surface area (Å²) in [4.78, 5) is 7.34. The maximum atomic E-state index is 5.92. The normalized spacial score (nSPS) is 18.8. The average molecular weight is 351 g/mol. The highest BCUT2D eigenvalue weighted by Crippen LogP contribution is 2.16. The standard InChI is InChI=1S/C19H31ClN4/c1-3-12-24-13-10-17(15-24)14-23-19(21-4-2)22-11-9-16-5-7-18(20)8-6-16/h5-8,17H,3-4,9-15H2,1-2H3,(H2,21,22,23). The number of benzene rings is 1. The molecular formula is C19H31ClN4. The van der Waals surface area contributed by atoms with Gasteiger partial charge in [-0.25, -0.2) is 0 Å². The Hall–Kier alpha value is -1.26. The van der Waals surface area contributed by atoms with Crippen LogP contribution in [0.1, 0.15) is 32.3 Å². The Balaban J connectivity index is 1.75. The van der Waals surface area contributed by atoms with E-state index in [2.05, 4.69) is 41.5 Å². The smallest absolute Gasteiger partial charge is 0.191 e. The topological polar surface area (TPSA) is 39.7 Å². The van der Waals surface area contributed by atoms with Gasteiger partial charge in [-0.15, -0.1) is 0 Å². The van der Waals surface area contributed by atoms with Crippen molar-refractivity contribution in [3.8, 4) is 0 Å². The van der Waals surface area contributed by atoms with Crippen LogP contribution in [0.5, 0.6) is 0 Å². The molecule has 1 atom stereocenters.